The van der Waals surface area contributed by atoms with Gasteiger partial charge in [0.2, 0.25) is 11.8 Å². The number of nitrogens with one attached hydrogen (secondary N) is 1. The molecule has 0 radical (unpaired) electrons. The average molecular weight is 371 g/mol. The number of piperidine rings is 1. The number of amides is 2. The molecule has 0 spiro atoms. The van der Waals surface area contributed by atoms with E-state index >= 15 is 0 Å². The number of fused-ring (bicyclic) bond motifs is 1. The molecule has 1 aliphatic heterocycles. The maximum absolute atomic E-state index is 12.2. The van der Waals surface area contributed by atoms with E-state index in [4.69, 9.17) is 11.6 Å². The molecule has 0 aliphatic carbocycles. The van der Waals surface area contributed by atoms with Crippen LogP contribution in [0.15, 0.2) is 22.7 Å². The number of hydrogen-bond donors (Lipinski definition) is 1. The van der Waals surface area contributed by atoms with E-state index in [2.05, 4.69) is 26.2 Å². The third kappa shape index (κ3) is 2.58. The van der Waals surface area contributed by atoms with Gasteiger partial charge in [0, 0.05) is 10.9 Å². The molecule has 2 unspecified atom stereocenters. The summed E-state index contributed by atoms with van der Waals surface area (Å²) in [7, 11) is 0. The zero-order chi connectivity index (χ0) is 15.1. The lowest BCUT2D eigenvalue weighted by atomic mass is 10.1. The Labute approximate surface area is 134 Å². The average Bonchev–Trinajstić information content (AvgIpc) is 2.77. The van der Waals surface area contributed by atoms with Gasteiger partial charge in [-0.05, 0) is 31.5 Å². The maximum atomic E-state index is 12.2. The Hall–Kier alpha value is -1.40. The topological polar surface area (TPSA) is 64.0 Å². The fourth-order valence-electron chi connectivity index (χ4n) is 2.62. The fraction of sp³-hybridized carbons (Fsp3) is 0.357. The van der Waals surface area contributed by atoms with Crippen molar-refractivity contribution < 1.29 is 9.59 Å². The molecule has 110 valence electrons. The number of imide groups is 1. The standard InChI is InChI=1S/C14H13BrClN3O2/c1-7(16)13-17-9-3-2-8(15)6-11(9)19(13)10-4-5-12(20)18-14(10)21/h2-3,6-7,10H,4-5H2,1H3,(H,18,20,21). The molecule has 1 aromatic carbocycles. The van der Waals surface area contributed by atoms with Crippen molar-refractivity contribution in [1.29, 1.82) is 0 Å². The smallest absolute Gasteiger partial charge is 0.249 e. The SMILES string of the molecule is CC(Cl)c1nc2ccc(Br)cc2n1C1CCC(=O)NC1=O. The van der Waals surface area contributed by atoms with Crippen LogP contribution in [0.1, 0.15) is 37.0 Å². The van der Waals surface area contributed by atoms with Crippen molar-refractivity contribution in [3.8, 4) is 0 Å². The number of carbonyl (C=O) groups is 2. The molecule has 1 aliphatic rings. The van der Waals surface area contributed by atoms with Crippen LogP contribution in [0.4, 0.5) is 0 Å². The zero-order valence-corrected chi connectivity index (χ0v) is 13.6. The maximum Gasteiger partial charge on any atom is 0.249 e. The van der Waals surface area contributed by atoms with Crippen LogP contribution in [0.5, 0.6) is 0 Å². The molecule has 3 rings (SSSR count). The molecular weight excluding hydrogens is 358 g/mol. The number of carbonyl (C=O) groups excluding carboxylic acids is 2. The molecule has 0 bridgehead atoms. The van der Waals surface area contributed by atoms with Gasteiger partial charge in [-0.3, -0.25) is 14.9 Å². The third-order valence-electron chi connectivity index (χ3n) is 3.56. The number of hydrogen-bond acceptors (Lipinski definition) is 3. The van der Waals surface area contributed by atoms with Gasteiger partial charge in [0.1, 0.15) is 11.9 Å². The first-order valence-electron chi connectivity index (χ1n) is 6.62. The summed E-state index contributed by atoms with van der Waals surface area (Å²) in [6, 6.07) is 5.23. The van der Waals surface area contributed by atoms with Crippen LogP contribution in [0.2, 0.25) is 0 Å². The van der Waals surface area contributed by atoms with E-state index in [1.165, 1.54) is 0 Å². The molecule has 5 nitrogen and oxygen atoms in total. The van der Waals surface area contributed by atoms with E-state index in [9.17, 15) is 9.59 Å². The number of nitrogens with zero attached hydrogens (tertiary/aromatic N) is 2. The Bertz CT molecular complexity index is 741. The molecule has 2 aromatic rings. The van der Waals surface area contributed by atoms with Crippen molar-refractivity contribution in [2.75, 3.05) is 0 Å². The van der Waals surface area contributed by atoms with Crippen LogP contribution >= 0.6 is 27.5 Å². The van der Waals surface area contributed by atoms with Crippen molar-refractivity contribution in [3.05, 3.63) is 28.5 Å². The predicted molar refractivity (Wildman–Crippen MR) is 83.1 cm³/mol. The highest BCUT2D eigenvalue weighted by atomic mass is 79.9. The van der Waals surface area contributed by atoms with Gasteiger partial charge in [0.05, 0.1) is 16.4 Å². The van der Waals surface area contributed by atoms with Gasteiger partial charge in [-0.25, -0.2) is 4.98 Å². The number of aromatic nitrogens is 2. The molecule has 2 atom stereocenters. The highest BCUT2D eigenvalue weighted by Crippen LogP contribution is 2.32. The van der Waals surface area contributed by atoms with Crippen molar-refractivity contribution >= 4 is 50.4 Å². The van der Waals surface area contributed by atoms with Gasteiger partial charge in [-0.15, -0.1) is 11.6 Å². The molecule has 1 saturated heterocycles. The first kappa shape index (κ1) is 14.5. The predicted octanol–water partition coefficient (Wildman–Crippen LogP) is 3.08. The second-order valence-corrected chi connectivity index (χ2v) is 6.63. The largest absolute Gasteiger partial charge is 0.314 e. The van der Waals surface area contributed by atoms with Crippen molar-refractivity contribution in [1.82, 2.24) is 14.9 Å². The Morgan fingerprint density at radius 3 is 2.90 bits per heavy atom. The lowest BCUT2D eigenvalue weighted by Gasteiger charge is -2.25. The minimum Gasteiger partial charge on any atom is -0.314 e. The van der Waals surface area contributed by atoms with Crippen LogP contribution in [0.25, 0.3) is 11.0 Å². The molecular formula is C14H13BrClN3O2. The van der Waals surface area contributed by atoms with E-state index in [1.54, 1.807) is 0 Å². The van der Waals surface area contributed by atoms with Gasteiger partial charge >= 0.3 is 0 Å². The second-order valence-electron chi connectivity index (χ2n) is 5.06. The Kier molecular flexibility index (Phi) is 3.75. The van der Waals surface area contributed by atoms with Crippen molar-refractivity contribution in [2.24, 2.45) is 0 Å². The number of alkyl halides is 1. The fourth-order valence-corrected chi connectivity index (χ4v) is 3.12. The van der Waals surface area contributed by atoms with Gasteiger partial charge in [0.15, 0.2) is 0 Å². The summed E-state index contributed by atoms with van der Waals surface area (Å²) in [6.45, 7) is 1.82. The summed E-state index contributed by atoms with van der Waals surface area (Å²) in [5, 5.41) is 2.05. The van der Waals surface area contributed by atoms with Crippen molar-refractivity contribution in [2.45, 2.75) is 31.2 Å². The summed E-state index contributed by atoms with van der Waals surface area (Å²) in [5.41, 5.74) is 1.62. The summed E-state index contributed by atoms with van der Waals surface area (Å²) < 4.78 is 2.75. The Morgan fingerprint density at radius 1 is 1.48 bits per heavy atom. The minimum atomic E-state index is -0.460. The zero-order valence-electron chi connectivity index (χ0n) is 11.3. The molecule has 1 N–H and O–H groups in total. The van der Waals surface area contributed by atoms with Crippen molar-refractivity contribution in [3.63, 3.8) is 0 Å². The number of imidazole rings is 1. The summed E-state index contributed by atoms with van der Waals surface area (Å²) in [5.74, 6) is 0.102. The summed E-state index contributed by atoms with van der Waals surface area (Å²) >= 11 is 9.65. The quantitative estimate of drug-likeness (QED) is 0.653. The Balaban J connectivity index is 2.19. The monoisotopic (exact) mass is 369 g/mol. The minimum absolute atomic E-state index is 0.234. The molecule has 1 aromatic heterocycles. The van der Waals surface area contributed by atoms with Crippen LogP contribution in [0, 0.1) is 0 Å². The number of benzene rings is 1. The van der Waals surface area contributed by atoms with Crippen LogP contribution in [0.3, 0.4) is 0 Å². The van der Waals surface area contributed by atoms with Crippen LogP contribution in [-0.2, 0) is 9.59 Å². The molecule has 1 fully saturated rings. The molecule has 2 amide bonds. The highest BCUT2D eigenvalue weighted by Gasteiger charge is 2.31. The lowest BCUT2D eigenvalue weighted by molar-refractivity contribution is -0.135. The van der Waals surface area contributed by atoms with Gasteiger partial charge in [-0.1, -0.05) is 15.9 Å². The molecule has 21 heavy (non-hydrogen) atoms. The van der Waals surface area contributed by atoms with Gasteiger partial charge < -0.3 is 4.57 Å². The summed E-state index contributed by atoms with van der Waals surface area (Å²) in [6.07, 6.45) is 0.777. The van der Waals surface area contributed by atoms with E-state index in [0.29, 0.717) is 18.7 Å². The van der Waals surface area contributed by atoms with E-state index in [0.717, 1.165) is 15.5 Å². The Morgan fingerprint density at radius 2 is 2.24 bits per heavy atom. The first-order chi connectivity index (χ1) is 9.97. The second kappa shape index (κ2) is 5.42. The highest BCUT2D eigenvalue weighted by molar-refractivity contribution is 9.10. The molecule has 7 heteroatoms. The normalized spacial score (nSPS) is 20.6. The van der Waals surface area contributed by atoms with E-state index < -0.39 is 6.04 Å². The van der Waals surface area contributed by atoms with Gasteiger partial charge in [-0.2, -0.15) is 0 Å². The number of rotatable bonds is 2. The van der Waals surface area contributed by atoms with E-state index in [1.807, 2.05) is 29.7 Å². The number of halogens is 2. The third-order valence-corrected chi connectivity index (χ3v) is 4.24. The van der Waals surface area contributed by atoms with Gasteiger partial charge in [0.25, 0.3) is 0 Å². The first-order valence-corrected chi connectivity index (χ1v) is 7.85. The molecule has 2 heterocycles. The van der Waals surface area contributed by atoms with Crippen LogP contribution in [-0.4, -0.2) is 21.4 Å². The molecule has 0 saturated carbocycles. The summed E-state index contributed by atoms with van der Waals surface area (Å²) in [4.78, 5) is 28.0. The van der Waals surface area contributed by atoms with Crippen LogP contribution < -0.4 is 5.32 Å². The lowest BCUT2D eigenvalue weighted by Crippen LogP contribution is -2.42. The van der Waals surface area contributed by atoms with E-state index in [-0.39, 0.29) is 17.2 Å².